The average Bonchev–Trinajstić information content (AvgIpc) is 2.79. The topological polar surface area (TPSA) is 49.4 Å². The largest absolute Gasteiger partial charge is 0.351 e. The number of hydrogen-bond donors (Lipinski definition) is 1. The quantitative estimate of drug-likeness (QED) is 0.499. The Bertz CT molecular complexity index is 916. The molecule has 2 aromatic carbocycles. The first-order chi connectivity index (χ1) is 15.4. The molecule has 0 heterocycles. The van der Waals surface area contributed by atoms with Crippen molar-refractivity contribution >= 4 is 35.0 Å². The number of nitrogens with zero attached hydrogens (tertiary/aromatic N) is 1. The maximum atomic E-state index is 13.6. The maximum absolute atomic E-state index is 13.6. The van der Waals surface area contributed by atoms with E-state index in [1.807, 2.05) is 49.4 Å². The van der Waals surface area contributed by atoms with Crippen LogP contribution in [0.5, 0.6) is 0 Å². The first kappa shape index (κ1) is 24.6. The summed E-state index contributed by atoms with van der Waals surface area (Å²) in [4.78, 5) is 28.1. The maximum Gasteiger partial charge on any atom is 0.247 e. The fraction of sp³-hybridized carbons (Fsp3) is 0.462. The van der Waals surface area contributed by atoms with Crippen molar-refractivity contribution < 1.29 is 9.59 Å². The van der Waals surface area contributed by atoms with Gasteiger partial charge in [0, 0.05) is 23.2 Å². The molecule has 1 N–H and O–H groups in total. The third-order valence-electron chi connectivity index (χ3n) is 6.40. The van der Waals surface area contributed by atoms with Gasteiger partial charge in [-0.25, -0.2) is 0 Å². The minimum atomic E-state index is -0.825. The van der Waals surface area contributed by atoms with E-state index < -0.39 is 6.04 Å². The molecule has 0 aromatic heterocycles. The van der Waals surface area contributed by atoms with Gasteiger partial charge in [0.15, 0.2) is 0 Å². The van der Waals surface area contributed by atoms with Crippen LogP contribution in [0.3, 0.4) is 0 Å². The number of carbonyl (C=O) groups excluding carboxylic acids is 2. The Morgan fingerprint density at radius 1 is 1.09 bits per heavy atom. The molecular weight excluding hydrogens is 443 g/mol. The minimum absolute atomic E-state index is 0.103. The number of aryl methyl sites for hydroxylation is 1. The van der Waals surface area contributed by atoms with Gasteiger partial charge < -0.3 is 10.2 Å². The fourth-order valence-corrected chi connectivity index (χ4v) is 4.81. The standard InChI is InChI=1S/C26H32Cl2N2O2/c1-18-11-13-20(14-12-18)15-16-30(24(31)17-27)25(21-8-4-5-9-22(21)28)26(32)29-23-10-6-3-7-19(23)2/h4-5,8-9,11-14,19,23,25H,3,6-7,10,15-17H2,1-2H3,(H,29,32)/t19-,23-,25-/m0/s1. The summed E-state index contributed by atoms with van der Waals surface area (Å²) in [5.74, 6) is -0.263. The first-order valence-electron chi connectivity index (χ1n) is 11.4. The Kier molecular flexibility index (Phi) is 9.01. The van der Waals surface area contributed by atoms with Crippen LogP contribution in [0.4, 0.5) is 0 Å². The Morgan fingerprint density at radius 3 is 2.44 bits per heavy atom. The lowest BCUT2D eigenvalue weighted by molar-refractivity contribution is -0.139. The highest BCUT2D eigenvalue weighted by Crippen LogP contribution is 2.30. The van der Waals surface area contributed by atoms with Gasteiger partial charge in [-0.3, -0.25) is 9.59 Å². The van der Waals surface area contributed by atoms with Crippen LogP contribution in [-0.4, -0.2) is 35.2 Å². The van der Waals surface area contributed by atoms with Gasteiger partial charge in [0.1, 0.15) is 11.9 Å². The Hall–Kier alpha value is -2.04. The van der Waals surface area contributed by atoms with Crippen LogP contribution in [0.25, 0.3) is 0 Å². The van der Waals surface area contributed by atoms with Gasteiger partial charge in [0.05, 0.1) is 0 Å². The van der Waals surface area contributed by atoms with Crippen LogP contribution in [0.15, 0.2) is 48.5 Å². The first-order valence-corrected chi connectivity index (χ1v) is 12.3. The number of alkyl halides is 1. The minimum Gasteiger partial charge on any atom is -0.351 e. The van der Waals surface area contributed by atoms with Gasteiger partial charge >= 0.3 is 0 Å². The predicted octanol–water partition coefficient (Wildman–Crippen LogP) is 5.69. The Morgan fingerprint density at radius 2 is 1.78 bits per heavy atom. The number of hydrogen-bond acceptors (Lipinski definition) is 2. The molecule has 0 radical (unpaired) electrons. The molecular formula is C26H32Cl2N2O2. The van der Waals surface area contributed by atoms with E-state index in [1.54, 1.807) is 11.0 Å². The predicted molar refractivity (Wildman–Crippen MR) is 131 cm³/mol. The number of nitrogens with one attached hydrogen (secondary N) is 1. The lowest BCUT2D eigenvalue weighted by atomic mass is 9.85. The lowest BCUT2D eigenvalue weighted by Gasteiger charge is -2.35. The molecule has 6 heteroatoms. The molecule has 2 amide bonds. The second-order valence-electron chi connectivity index (χ2n) is 8.76. The van der Waals surface area contributed by atoms with Crippen LogP contribution in [0.1, 0.15) is 55.3 Å². The Balaban J connectivity index is 1.90. The number of carbonyl (C=O) groups is 2. The molecule has 4 nitrogen and oxygen atoms in total. The van der Waals surface area contributed by atoms with Crippen LogP contribution < -0.4 is 5.32 Å². The summed E-state index contributed by atoms with van der Waals surface area (Å²) in [6, 6.07) is 14.7. The summed E-state index contributed by atoms with van der Waals surface area (Å²) < 4.78 is 0. The zero-order valence-electron chi connectivity index (χ0n) is 18.8. The van der Waals surface area contributed by atoms with Crippen molar-refractivity contribution in [3.8, 4) is 0 Å². The molecule has 1 aliphatic carbocycles. The molecule has 0 aliphatic heterocycles. The van der Waals surface area contributed by atoms with Crippen molar-refractivity contribution in [2.45, 2.75) is 58.0 Å². The van der Waals surface area contributed by atoms with E-state index in [0.717, 1.165) is 24.8 Å². The van der Waals surface area contributed by atoms with Crippen molar-refractivity contribution in [1.29, 1.82) is 0 Å². The summed E-state index contributed by atoms with van der Waals surface area (Å²) in [7, 11) is 0. The zero-order chi connectivity index (χ0) is 23.1. The summed E-state index contributed by atoms with van der Waals surface area (Å²) in [6.45, 7) is 4.59. The van der Waals surface area contributed by atoms with Crippen molar-refractivity contribution in [1.82, 2.24) is 10.2 Å². The lowest BCUT2D eigenvalue weighted by Crippen LogP contribution is -2.49. The molecule has 0 saturated heterocycles. The van der Waals surface area contributed by atoms with Gasteiger partial charge in [0.2, 0.25) is 11.8 Å². The van der Waals surface area contributed by atoms with Crippen LogP contribution in [0.2, 0.25) is 5.02 Å². The molecule has 32 heavy (non-hydrogen) atoms. The van der Waals surface area contributed by atoms with Gasteiger partial charge in [0.25, 0.3) is 0 Å². The third kappa shape index (κ3) is 6.26. The molecule has 0 spiro atoms. The second-order valence-corrected chi connectivity index (χ2v) is 9.43. The summed E-state index contributed by atoms with van der Waals surface area (Å²) in [5, 5.41) is 3.69. The summed E-state index contributed by atoms with van der Waals surface area (Å²) in [5.41, 5.74) is 2.90. The fourth-order valence-electron chi connectivity index (χ4n) is 4.42. The third-order valence-corrected chi connectivity index (χ3v) is 6.97. The smallest absolute Gasteiger partial charge is 0.247 e. The highest BCUT2D eigenvalue weighted by molar-refractivity contribution is 6.31. The van der Waals surface area contributed by atoms with Gasteiger partial charge in [-0.1, -0.05) is 79.4 Å². The molecule has 1 aliphatic rings. The van der Waals surface area contributed by atoms with E-state index >= 15 is 0 Å². The van der Waals surface area contributed by atoms with Crippen molar-refractivity contribution in [2.75, 3.05) is 12.4 Å². The summed E-state index contributed by atoms with van der Waals surface area (Å²) >= 11 is 12.5. The molecule has 1 fully saturated rings. The SMILES string of the molecule is Cc1ccc(CCN(C(=O)CCl)[C@H](C(=O)N[C@H]2CCCC[C@@H]2C)c2ccccc2Cl)cc1. The highest BCUT2D eigenvalue weighted by Gasteiger charge is 2.34. The van der Waals surface area contributed by atoms with Crippen molar-refractivity contribution in [3.63, 3.8) is 0 Å². The van der Waals surface area contributed by atoms with E-state index in [2.05, 4.69) is 12.2 Å². The number of benzene rings is 2. The van der Waals surface area contributed by atoms with E-state index in [-0.39, 0.29) is 23.7 Å². The monoisotopic (exact) mass is 474 g/mol. The van der Waals surface area contributed by atoms with E-state index in [1.165, 1.54) is 12.0 Å². The molecule has 172 valence electrons. The normalized spacial score (nSPS) is 19.2. The second kappa shape index (κ2) is 11.7. The highest BCUT2D eigenvalue weighted by atomic mass is 35.5. The molecule has 3 rings (SSSR count). The number of amides is 2. The molecule has 0 unspecified atom stereocenters. The molecule has 3 atom stereocenters. The Labute approximate surface area is 201 Å². The zero-order valence-corrected chi connectivity index (χ0v) is 20.3. The van der Waals surface area contributed by atoms with Gasteiger partial charge in [-0.15, -0.1) is 11.6 Å². The van der Waals surface area contributed by atoms with E-state index in [9.17, 15) is 9.59 Å². The van der Waals surface area contributed by atoms with Crippen molar-refractivity contribution in [2.24, 2.45) is 5.92 Å². The molecule has 0 bridgehead atoms. The molecule has 2 aromatic rings. The van der Waals surface area contributed by atoms with Crippen LogP contribution >= 0.6 is 23.2 Å². The van der Waals surface area contributed by atoms with E-state index in [0.29, 0.717) is 29.5 Å². The number of halogens is 2. The summed E-state index contributed by atoms with van der Waals surface area (Å²) in [6.07, 6.45) is 4.96. The number of rotatable bonds is 8. The van der Waals surface area contributed by atoms with Crippen molar-refractivity contribution in [3.05, 3.63) is 70.2 Å². The van der Waals surface area contributed by atoms with Crippen LogP contribution in [0, 0.1) is 12.8 Å². The average molecular weight is 475 g/mol. The molecule has 1 saturated carbocycles. The van der Waals surface area contributed by atoms with E-state index in [4.69, 9.17) is 23.2 Å². The van der Waals surface area contributed by atoms with Gasteiger partial charge in [-0.05, 0) is 43.7 Å². The van der Waals surface area contributed by atoms with Crippen LogP contribution in [-0.2, 0) is 16.0 Å². The van der Waals surface area contributed by atoms with Gasteiger partial charge in [-0.2, -0.15) is 0 Å².